The van der Waals surface area contributed by atoms with Gasteiger partial charge in [-0.1, -0.05) is 6.42 Å². The van der Waals surface area contributed by atoms with Crippen molar-refractivity contribution in [2.45, 2.75) is 19.3 Å². The standard InChI is InChI=1S/C18H23NO6/c1-23-13-7-11(8-14(24-2)15(13)25-3)16(20)19-9-12-5-4-6-18(12,10-19)17(21)22/h7-8,12H,4-6,9-10H2,1-3H3,(H,21,22)/t12-,18+/m0/s1. The zero-order valence-corrected chi connectivity index (χ0v) is 14.7. The number of ether oxygens (including phenoxy) is 3. The molecule has 1 aliphatic carbocycles. The number of rotatable bonds is 5. The minimum absolute atomic E-state index is 0.0241. The van der Waals surface area contributed by atoms with E-state index in [-0.39, 0.29) is 18.4 Å². The van der Waals surface area contributed by atoms with Crippen LogP contribution in [0.5, 0.6) is 17.2 Å². The first-order chi connectivity index (χ1) is 12.0. The summed E-state index contributed by atoms with van der Waals surface area (Å²) in [7, 11) is 4.48. The zero-order chi connectivity index (χ0) is 18.2. The number of likely N-dealkylation sites (tertiary alicyclic amines) is 1. The molecular weight excluding hydrogens is 326 g/mol. The normalized spacial score (nSPS) is 24.8. The lowest BCUT2D eigenvalue weighted by molar-refractivity contribution is -0.149. The zero-order valence-electron chi connectivity index (χ0n) is 14.7. The third-order valence-corrected chi connectivity index (χ3v) is 5.50. The molecule has 0 spiro atoms. The molecule has 1 aromatic carbocycles. The van der Waals surface area contributed by atoms with Crippen molar-refractivity contribution in [3.8, 4) is 17.2 Å². The van der Waals surface area contributed by atoms with Crippen molar-refractivity contribution in [3.63, 3.8) is 0 Å². The molecule has 2 fully saturated rings. The smallest absolute Gasteiger partial charge is 0.311 e. The van der Waals surface area contributed by atoms with E-state index >= 15 is 0 Å². The Morgan fingerprint density at radius 1 is 1.16 bits per heavy atom. The summed E-state index contributed by atoms with van der Waals surface area (Å²) >= 11 is 0. The van der Waals surface area contributed by atoms with Crippen LogP contribution in [-0.2, 0) is 4.79 Å². The average Bonchev–Trinajstić information content (AvgIpc) is 3.18. The number of carbonyl (C=O) groups is 2. The molecule has 1 aliphatic heterocycles. The first-order valence-corrected chi connectivity index (χ1v) is 8.29. The molecule has 0 radical (unpaired) electrons. The summed E-state index contributed by atoms with van der Waals surface area (Å²) in [5, 5.41) is 9.68. The molecule has 25 heavy (non-hydrogen) atoms. The van der Waals surface area contributed by atoms with Crippen LogP contribution in [0.1, 0.15) is 29.6 Å². The number of hydrogen-bond donors (Lipinski definition) is 1. The van der Waals surface area contributed by atoms with Gasteiger partial charge >= 0.3 is 5.97 Å². The quantitative estimate of drug-likeness (QED) is 0.876. The summed E-state index contributed by atoms with van der Waals surface area (Å²) in [5.74, 6) is 0.234. The fourth-order valence-corrected chi connectivity index (χ4v) is 4.18. The highest BCUT2D eigenvalue weighted by atomic mass is 16.5. The number of hydrogen-bond acceptors (Lipinski definition) is 5. The van der Waals surface area contributed by atoms with E-state index in [9.17, 15) is 14.7 Å². The Morgan fingerprint density at radius 3 is 2.28 bits per heavy atom. The summed E-state index contributed by atoms with van der Waals surface area (Å²) in [4.78, 5) is 26.4. The van der Waals surface area contributed by atoms with Crippen LogP contribution in [0.3, 0.4) is 0 Å². The van der Waals surface area contributed by atoms with Gasteiger partial charge in [-0.15, -0.1) is 0 Å². The van der Waals surface area contributed by atoms with Gasteiger partial charge in [0, 0.05) is 18.7 Å². The second-order valence-electron chi connectivity index (χ2n) is 6.65. The highest BCUT2D eigenvalue weighted by Gasteiger charge is 2.55. The minimum atomic E-state index is -0.796. The highest BCUT2D eigenvalue weighted by Crippen LogP contribution is 2.49. The van der Waals surface area contributed by atoms with Crippen molar-refractivity contribution in [1.29, 1.82) is 0 Å². The van der Waals surface area contributed by atoms with Gasteiger partial charge in [0.15, 0.2) is 11.5 Å². The van der Waals surface area contributed by atoms with Crippen molar-refractivity contribution in [1.82, 2.24) is 4.90 Å². The maximum atomic E-state index is 13.0. The van der Waals surface area contributed by atoms with Gasteiger partial charge in [0.25, 0.3) is 5.91 Å². The van der Waals surface area contributed by atoms with Crippen LogP contribution in [0.25, 0.3) is 0 Å². The maximum absolute atomic E-state index is 13.0. The highest BCUT2D eigenvalue weighted by molar-refractivity contribution is 5.96. The van der Waals surface area contributed by atoms with Crippen LogP contribution in [0, 0.1) is 11.3 Å². The Bertz CT molecular complexity index is 678. The van der Waals surface area contributed by atoms with E-state index in [1.165, 1.54) is 21.3 Å². The lowest BCUT2D eigenvalue weighted by Crippen LogP contribution is -2.37. The first-order valence-electron chi connectivity index (χ1n) is 8.29. The Hall–Kier alpha value is -2.44. The van der Waals surface area contributed by atoms with Gasteiger partial charge in [0.05, 0.1) is 26.7 Å². The van der Waals surface area contributed by atoms with Gasteiger partial charge in [-0.25, -0.2) is 0 Å². The van der Waals surface area contributed by atoms with Crippen molar-refractivity contribution < 1.29 is 28.9 Å². The van der Waals surface area contributed by atoms with Crippen LogP contribution < -0.4 is 14.2 Å². The van der Waals surface area contributed by atoms with Crippen molar-refractivity contribution >= 4 is 11.9 Å². The van der Waals surface area contributed by atoms with E-state index in [0.29, 0.717) is 35.8 Å². The second kappa shape index (κ2) is 6.46. The molecule has 0 unspecified atom stereocenters. The van der Waals surface area contributed by atoms with Crippen LogP contribution >= 0.6 is 0 Å². The monoisotopic (exact) mass is 349 g/mol. The van der Waals surface area contributed by atoms with Crippen LogP contribution in [0.4, 0.5) is 0 Å². The predicted octanol–water partition coefficient (Wildman–Crippen LogP) is 2.04. The van der Waals surface area contributed by atoms with E-state index < -0.39 is 11.4 Å². The Labute approximate surface area is 146 Å². The molecule has 3 rings (SSSR count). The lowest BCUT2D eigenvalue weighted by Gasteiger charge is -2.23. The van der Waals surface area contributed by atoms with Crippen molar-refractivity contribution in [2.24, 2.45) is 11.3 Å². The number of amides is 1. The molecule has 136 valence electrons. The Balaban J connectivity index is 1.91. The number of aliphatic carboxylic acids is 1. The lowest BCUT2D eigenvalue weighted by atomic mass is 9.81. The molecule has 1 saturated carbocycles. The molecule has 0 bridgehead atoms. The number of nitrogens with zero attached hydrogens (tertiary/aromatic N) is 1. The first kappa shape index (κ1) is 17.4. The number of methoxy groups -OCH3 is 3. The molecule has 1 amide bonds. The summed E-state index contributed by atoms with van der Waals surface area (Å²) in [6, 6.07) is 3.20. The molecule has 0 aromatic heterocycles. The van der Waals surface area contributed by atoms with Crippen LogP contribution in [0.2, 0.25) is 0 Å². The fraction of sp³-hybridized carbons (Fsp3) is 0.556. The molecule has 7 heteroatoms. The van der Waals surface area contributed by atoms with Gasteiger partial charge in [-0.2, -0.15) is 0 Å². The molecule has 1 aromatic rings. The number of carbonyl (C=O) groups excluding carboxylic acids is 1. The summed E-state index contributed by atoms with van der Waals surface area (Å²) in [5.41, 5.74) is -0.397. The average molecular weight is 349 g/mol. The largest absolute Gasteiger partial charge is 0.493 e. The van der Waals surface area contributed by atoms with Crippen molar-refractivity contribution in [3.05, 3.63) is 17.7 Å². The van der Waals surface area contributed by atoms with Crippen LogP contribution in [-0.4, -0.2) is 56.3 Å². The summed E-state index contributed by atoms with van der Waals surface area (Å²) in [6.45, 7) is 0.726. The van der Waals surface area contributed by atoms with Gasteiger partial charge < -0.3 is 24.2 Å². The number of fused-ring (bicyclic) bond motifs is 1. The third-order valence-electron chi connectivity index (χ3n) is 5.50. The summed E-state index contributed by atoms with van der Waals surface area (Å²) in [6.07, 6.45) is 2.39. The Kier molecular flexibility index (Phi) is 4.49. The van der Waals surface area contributed by atoms with E-state index in [2.05, 4.69) is 0 Å². The van der Waals surface area contributed by atoms with Gasteiger partial charge in [0.2, 0.25) is 5.75 Å². The molecule has 7 nitrogen and oxygen atoms in total. The third kappa shape index (κ3) is 2.67. The van der Waals surface area contributed by atoms with E-state index in [0.717, 1.165) is 12.8 Å². The number of carboxylic acid groups (broad SMARTS) is 1. The molecule has 1 heterocycles. The van der Waals surface area contributed by atoms with E-state index in [1.54, 1.807) is 17.0 Å². The second-order valence-corrected chi connectivity index (χ2v) is 6.65. The molecule has 2 aliphatic rings. The van der Waals surface area contributed by atoms with Crippen LogP contribution in [0.15, 0.2) is 12.1 Å². The maximum Gasteiger partial charge on any atom is 0.311 e. The van der Waals surface area contributed by atoms with Gasteiger partial charge in [0.1, 0.15) is 0 Å². The SMILES string of the molecule is COc1cc(C(=O)N2C[C@@H]3CCC[C@@]3(C(=O)O)C2)cc(OC)c1OC. The van der Waals surface area contributed by atoms with Crippen molar-refractivity contribution in [2.75, 3.05) is 34.4 Å². The molecule has 1 N–H and O–H groups in total. The number of carboxylic acids is 1. The summed E-state index contributed by atoms with van der Waals surface area (Å²) < 4.78 is 15.9. The number of benzene rings is 1. The predicted molar refractivity (Wildman–Crippen MR) is 89.4 cm³/mol. The van der Waals surface area contributed by atoms with Gasteiger partial charge in [-0.05, 0) is 30.9 Å². The van der Waals surface area contributed by atoms with Gasteiger partial charge in [-0.3, -0.25) is 9.59 Å². The molecule has 2 atom stereocenters. The van der Waals surface area contributed by atoms with E-state index in [1.807, 2.05) is 0 Å². The molecular formula is C18H23NO6. The topological polar surface area (TPSA) is 85.3 Å². The Morgan fingerprint density at radius 2 is 1.80 bits per heavy atom. The molecule has 1 saturated heterocycles. The fourth-order valence-electron chi connectivity index (χ4n) is 4.18. The minimum Gasteiger partial charge on any atom is -0.493 e. The van der Waals surface area contributed by atoms with E-state index in [4.69, 9.17) is 14.2 Å².